The van der Waals surface area contributed by atoms with Crippen LogP contribution in [0.4, 0.5) is 15.0 Å². The molecule has 1 fully saturated rings. The molecule has 1 saturated carbocycles. The van der Waals surface area contributed by atoms with Gasteiger partial charge in [-0.25, -0.2) is 14.2 Å². The first-order valence-electron chi connectivity index (χ1n) is 13.4. The molecule has 2 aromatic heterocycles. The zero-order valence-corrected chi connectivity index (χ0v) is 23.7. The molecule has 0 saturated heterocycles. The normalized spacial score (nSPS) is 13.8. The number of carbonyl (C=O) groups is 3. The maximum Gasteiger partial charge on any atom is 0.410 e. The highest BCUT2D eigenvalue weighted by atomic mass is 19.1. The zero-order chi connectivity index (χ0) is 29.7. The average molecular weight is 567 g/mol. The highest BCUT2D eigenvalue weighted by Gasteiger charge is 2.26. The van der Waals surface area contributed by atoms with E-state index in [1.807, 2.05) is 6.07 Å². The summed E-state index contributed by atoms with van der Waals surface area (Å²) in [7, 11) is 6.21. The fraction of sp³-hybridized carbons (Fsp3) is 0.414. The van der Waals surface area contributed by atoms with Crippen molar-refractivity contribution in [3.8, 4) is 0 Å². The molecule has 1 atom stereocenters. The van der Waals surface area contributed by atoms with E-state index in [4.69, 9.17) is 4.74 Å². The number of nitrogens with zero attached hydrogens (tertiary/aromatic N) is 5. The van der Waals surface area contributed by atoms with Gasteiger partial charge in [-0.15, -0.1) is 0 Å². The molecular weight excluding hydrogens is 531 g/mol. The van der Waals surface area contributed by atoms with E-state index >= 15 is 0 Å². The minimum absolute atomic E-state index is 0.0848. The van der Waals surface area contributed by atoms with Crippen LogP contribution in [0, 0.1) is 11.7 Å². The van der Waals surface area contributed by atoms with E-state index in [1.54, 1.807) is 26.2 Å². The van der Waals surface area contributed by atoms with E-state index in [0.717, 1.165) is 36.0 Å². The van der Waals surface area contributed by atoms with Gasteiger partial charge in [0.15, 0.2) is 11.9 Å². The molecule has 41 heavy (non-hydrogen) atoms. The smallest absolute Gasteiger partial charge is 0.410 e. The Morgan fingerprint density at radius 3 is 2.61 bits per heavy atom. The van der Waals surface area contributed by atoms with Crippen LogP contribution in [0.5, 0.6) is 0 Å². The lowest BCUT2D eigenvalue weighted by atomic mass is 10.1. The quantitative estimate of drug-likeness (QED) is 0.356. The molecule has 0 spiro atoms. The van der Waals surface area contributed by atoms with Gasteiger partial charge in [0, 0.05) is 63.7 Å². The van der Waals surface area contributed by atoms with E-state index in [0.29, 0.717) is 5.92 Å². The minimum Gasteiger partial charge on any atom is -0.436 e. The number of allylic oxidation sites excluding steroid dienone is 1. The molecule has 0 bridgehead atoms. The van der Waals surface area contributed by atoms with Gasteiger partial charge in [-0.3, -0.25) is 14.4 Å². The van der Waals surface area contributed by atoms with Crippen molar-refractivity contribution in [1.82, 2.24) is 23.9 Å². The summed E-state index contributed by atoms with van der Waals surface area (Å²) in [5, 5.41) is 3.26. The van der Waals surface area contributed by atoms with Crippen molar-refractivity contribution < 1.29 is 23.5 Å². The molecular formula is C29H35FN6O5. The molecule has 3 aromatic rings. The number of halogens is 1. The number of rotatable bonds is 11. The Morgan fingerprint density at radius 1 is 1.17 bits per heavy atom. The van der Waals surface area contributed by atoms with Crippen LogP contribution in [0.1, 0.15) is 31.4 Å². The predicted molar refractivity (Wildman–Crippen MR) is 152 cm³/mol. The molecule has 0 aliphatic heterocycles. The summed E-state index contributed by atoms with van der Waals surface area (Å²) in [6.07, 6.45) is 6.56. The van der Waals surface area contributed by atoms with Crippen molar-refractivity contribution in [2.24, 2.45) is 5.92 Å². The van der Waals surface area contributed by atoms with Gasteiger partial charge in [0.25, 0.3) is 11.5 Å². The maximum atomic E-state index is 13.9. The SMILES string of the molecule is CN(C)C(=O)/C=C/CCC(OC(=O)N(C)C)C(=O)Nc1nccn(Cc2cc3cc(F)ccc3n2CC2CC2)c1=O. The van der Waals surface area contributed by atoms with Crippen molar-refractivity contribution in [3.05, 3.63) is 70.7 Å². The third-order valence-corrected chi connectivity index (χ3v) is 6.77. The van der Waals surface area contributed by atoms with Crippen LogP contribution in [0.15, 0.2) is 53.6 Å². The lowest BCUT2D eigenvalue weighted by Gasteiger charge is -2.19. The number of benzene rings is 1. The van der Waals surface area contributed by atoms with Gasteiger partial charge >= 0.3 is 6.09 Å². The number of aromatic nitrogens is 3. The molecule has 1 unspecified atom stereocenters. The van der Waals surface area contributed by atoms with Gasteiger partial charge in [-0.2, -0.15) is 0 Å². The first-order chi connectivity index (χ1) is 19.5. The summed E-state index contributed by atoms with van der Waals surface area (Å²) < 4.78 is 22.8. The summed E-state index contributed by atoms with van der Waals surface area (Å²) in [5.74, 6) is -0.920. The van der Waals surface area contributed by atoms with Crippen LogP contribution >= 0.6 is 0 Å². The van der Waals surface area contributed by atoms with E-state index in [2.05, 4.69) is 14.9 Å². The number of carbonyl (C=O) groups excluding carboxylic acids is 3. The highest BCUT2D eigenvalue weighted by molar-refractivity contribution is 5.94. The number of hydrogen-bond acceptors (Lipinski definition) is 6. The first kappa shape index (κ1) is 29.5. The van der Waals surface area contributed by atoms with Crippen LogP contribution in [-0.2, 0) is 27.4 Å². The second-order valence-corrected chi connectivity index (χ2v) is 10.6. The standard InChI is InChI=1S/C29H35FN6O5/c1-33(2)25(37)8-6-5-7-24(41-29(40)34(3)4)27(38)32-26-28(39)35(14-13-31-26)18-22-16-20-15-21(30)11-12-23(20)36(22)17-19-9-10-19/h6,8,11-16,19,24H,5,7,9-10,17-18H2,1-4H3,(H,31,32,38)/b8-6+. The third kappa shape index (κ3) is 7.59. The second-order valence-electron chi connectivity index (χ2n) is 10.6. The third-order valence-electron chi connectivity index (χ3n) is 6.77. The summed E-state index contributed by atoms with van der Waals surface area (Å²) in [6.45, 7) is 0.971. The Labute approximate surface area is 237 Å². The summed E-state index contributed by atoms with van der Waals surface area (Å²) in [5.41, 5.74) is 1.19. The summed E-state index contributed by atoms with van der Waals surface area (Å²) in [6, 6.07) is 6.52. The monoisotopic (exact) mass is 566 g/mol. The van der Waals surface area contributed by atoms with Gasteiger partial charge in [-0.05, 0) is 61.9 Å². The van der Waals surface area contributed by atoms with Gasteiger partial charge < -0.3 is 29.0 Å². The van der Waals surface area contributed by atoms with E-state index in [-0.39, 0.29) is 36.9 Å². The summed E-state index contributed by atoms with van der Waals surface area (Å²) in [4.78, 5) is 57.1. The van der Waals surface area contributed by atoms with Crippen molar-refractivity contribution in [2.45, 2.75) is 44.9 Å². The van der Waals surface area contributed by atoms with Crippen molar-refractivity contribution >= 4 is 34.6 Å². The lowest BCUT2D eigenvalue weighted by Crippen LogP contribution is -2.38. The van der Waals surface area contributed by atoms with E-state index in [1.165, 1.54) is 59.1 Å². The molecule has 11 nitrogen and oxygen atoms in total. The largest absolute Gasteiger partial charge is 0.436 e. The van der Waals surface area contributed by atoms with Crippen molar-refractivity contribution in [1.29, 1.82) is 0 Å². The maximum absolute atomic E-state index is 13.9. The Balaban J connectivity index is 1.53. The Morgan fingerprint density at radius 2 is 1.93 bits per heavy atom. The van der Waals surface area contributed by atoms with E-state index < -0.39 is 23.7 Å². The number of amides is 3. The molecule has 0 radical (unpaired) electrons. The topological polar surface area (TPSA) is 119 Å². The van der Waals surface area contributed by atoms with Gasteiger partial charge in [0.05, 0.1) is 6.54 Å². The molecule has 12 heteroatoms. The fourth-order valence-corrected chi connectivity index (χ4v) is 4.28. The molecule has 1 aliphatic carbocycles. The molecule has 1 N–H and O–H groups in total. The fourth-order valence-electron chi connectivity index (χ4n) is 4.28. The Kier molecular flexibility index (Phi) is 9.21. The Bertz CT molecular complexity index is 1520. The molecule has 4 rings (SSSR count). The highest BCUT2D eigenvalue weighted by Crippen LogP contribution is 2.33. The van der Waals surface area contributed by atoms with Crippen LogP contribution in [0.2, 0.25) is 0 Å². The number of anilines is 1. The first-order valence-corrected chi connectivity index (χ1v) is 13.4. The number of fused-ring (bicyclic) bond motifs is 1. The second kappa shape index (κ2) is 12.8. The number of ether oxygens (including phenoxy) is 1. The number of nitrogens with one attached hydrogen (secondary N) is 1. The molecule has 1 aromatic carbocycles. The lowest BCUT2D eigenvalue weighted by molar-refractivity contribution is -0.125. The van der Waals surface area contributed by atoms with E-state index in [9.17, 15) is 23.6 Å². The zero-order valence-electron chi connectivity index (χ0n) is 23.7. The minimum atomic E-state index is -1.23. The van der Waals surface area contributed by atoms with Gasteiger partial charge in [0.2, 0.25) is 5.91 Å². The molecule has 3 amide bonds. The Hall–Kier alpha value is -4.48. The van der Waals surface area contributed by atoms with Gasteiger partial charge in [-0.1, -0.05) is 6.08 Å². The van der Waals surface area contributed by atoms with Crippen LogP contribution < -0.4 is 10.9 Å². The van der Waals surface area contributed by atoms with Crippen LogP contribution in [0.25, 0.3) is 10.9 Å². The van der Waals surface area contributed by atoms with Crippen molar-refractivity contribution in [2.75, 3.05) is 33.5 Å². The number of hydrogen-bond donors (Lipinski definition) is 1. The summed E-state index contributed by atoms with van der Waals surface area (Å²) >= 11 is 0. The predicted octanol–water partition coefficient (Wildman–Crippen LogP) is 3.23. The molecule has 1 aliphatic rings. The number of likely N-dealkylation sites (N-methyl/N-ethyl adjacent to an activating group) is 1. The molecule has 2 heterocycles. The average Bonchev–Trinajstić information content (AvgIpc) is 3.68. The van der Waals surface area contributed by atoms with Crippen LogP contribution in [0.3, 0.4) is 0 Å². The van der Waals surface area contributed by atoms with Gasteiger partial charge in [0.1, 0.15) is 5.82 Å². The van der Waals surface area contributed by atoms with Crippen molar-refractivity contribution in [3.63, 3.8) is 0 Å². The van der Waals surface area contributed by atoms with Crippen LogP contribution in [-0.4, -0.2) is 76.1 Å². The molecule has 218 valence electrons.